The summed E-state index contributed by atoms with van der Waals surface area (Å²) in [6.45, 7) is 4.24. The minimum absolute atomic E-state index is 0.227. The highest BCUT2D eigenvalue weighted by Gasteiger charge is 2.25. The van der Waals surface area contributed by atoms with E-state index < -0.39 is 0 Å². The Morgan fingerprint density at radius 1 is 0.833 bits per heavy atom. The molecule has 0 atom stereocenters. The van der Waals surface area contributed by atoms with Crippen LogP contribution in [0.3, 0.4) is 0 Å². The monoisotopic (exact) mass is 241 g/mol. The molecule has 2 aromatic rings. The first-order valence-corrected chi connectivity index (χ1v) is 5.93. The van der Waals surface area contributed by atoms with Crippen LogP contribution >= 0.6 is 0 Å². The molecule has 0 bridgehead atoms. The van der Waals surface area contributed by atoms with E-state index in [1.54, 1.807) is 6.07 Å². The van der Waals surface area contributed by atoms with Crippen LogP contribution < -0.4 is 17.2 Å². The molecule has 0 saturated heterocycles. The fourth-order valence-corrected chi connectivity index (χ4v) is 2.26. The van der Waals surface area contributed by atoms with Crippen molar-refractivity contribution in [1.29, 1.82) is 0 Å². The summed E-state index contributed by atoms with van der Waals surface area (Å²) in [5.74, 6) is 0. The normalized spacial score (nSPS) is 11.4. The molecular weight excluding hydrogens is 222 g/mol. The number of anilines is 3. The highest BCUT2D eigenvalue weighted by atomic mass is 14.6. The van der Waals surface area contributed by atoms with Crippen LogP contribution in [0.25, 0.3) is 0 Å². The lowest BCUT2D eigenvalue weighted by Crippen LogP contribution is -2.21. The molecule has 3 nitrogen and oxygen atoms in total. The minimum atomic E-state index is -0.227. The van der Waals surface area contributed by atoms with Gasteiger partial charge >= 0.3 is 0 Å². The molecule has 18 heavy (non-hydrogen) atoms. The van der Waals surface area contributed by atoms with Gasteiger partial charge in [-0.25, -0.2) is 0 Å². The Hall–Kier alpha value is -2.16. The average molecular weight is 241 g/mol. The molecule has 2 aromatic carbocycles. The Balaban J connectivity index is 2.57. The maximum Gasteiger partial charge on any atom is 0.0355 e. The van der Waals surface area contributed by atoms with Gasteiger partial charge in [0.05, 0.1) is 0 Å². The molecule has 0 fully saturated rings. The van der Waals surface area contributed by atoms with Gasteiger partial charge in [-0.2, -0.15) is 0 Å². The van der Waals surface area contributed by atoms with E-state index >= 15 is 0 Å². The van der Waals surface area contributed by atoms with E-state index in [0.717, 1.165) is 16.8 Å². The summed E-state index contributed by atoms with van der Waals surface area (Å²) in [6.07, 6.45) is 0. The first kappa shape index (κ1) is 12.3. The van der Waals surface area contributed by atoms with Crippen LogP contribution in [-0.4, -0.2) is 0 Å². The molecule has 0 unspecified atom stereocenters. The average Bonchev–Trinajstić information content (AvgIpc) is 2.28. The summed E-state index contributed by atoms with van der Waals surface area (Å²) < 4.78 is 0. The van der Waals surface area contributed by atoms with Crippen molar-refractivity contribution in [3.8, 4) is 0 Å². The Labute approximate surface area is 108 Å². The Morgan fingerprint density at radius 2 is 1.39 bits per heavy atom. The van der Waals surface area contributed by atoms with Gasteiger partial charge in [-0.15, -0.1) is 0 Å². The smallest absolute Gasteiger partial charge is 0.0355 e. The molecule has 6 N–H and O–H groups in total. The van der Waals surface area contributed by atoms with Gasteiger partial charge in [-0.1, -0.05) is 32.0 Å². The number of nitrogen functional groups attached to an aromatic ring is 3. The van der Waals surface area contributed by atoms with E-state index in [0.29, 0.717) is 11.4 Å². The maximum absolute atomic E-state index is 6.06. The van der Waals surface area contributed by atoms with Crippen LogP contribution in [0.4, 0.5) is 17.1 Å². The van der Waals surface area contributed by atoms with E-state index in [2.05, 4.69) is 13.8 Å². The fourth-order valence-electron chi connectivity index (χ4n) is 2.26. The molecule has 0 spiro atoms. The Kier molecular flexibility index (Phi) is 2.91. The number of benzene rings is 2. The van der Waals surface area contributed by atoms with Crippen LogP contribution in [-0.2, 0) is 5.41 Å². The Morgan fingerprint density at radius 3 is 1.94 bits per heavy atom. The molecular formula is C15H19N3. The van der Waals surface area contributed by atoms with Gasteiger partial charge in [0.15, 0.2) is 0 Å². The standard InChI is InChI=1S/C15H19N3/c1-15(2,13-5-3-4-6-14(13)18)10-7-11(16)9-12(17)8-10/h3-9H,16-18H2,1-2H3. The summed E-state index contributed by atoms with van der Waals surface area (Å²) in [5.41, 5.74) is 21.8. The van der Waals surface area contributed by atoms with Crippen molar-refractivity contribution in [3.05, 3.63) is 53.6 Å². The maximum atomic E-state index is 6.06. The molecule has 2 rings (SSSR count). The molecule has 3 heteroatoms. The molecule has 0 aliphatic rings. The van der Waals surface area contributed by atoms with Gasteiger partial charge in [0.25, 0.3) is 0 Å². The quantitative estimate of drug-likeness (QED) is 0.707. The molecule has 0 amide bonds. The van der Waals surface area contributed by atoms with Gasteiger partial charge in [0.1, 0.15) is 0 Å². The van der Waals surface area contributed by atoms with Gasteiger partial charge in [-0.3, -0.25) is 0 Å². The van der Waals surface area contributed by atoms with E-state index in [1.165, 1.54) is 0 Å². The summed E-state index contributed by atoms with van der Waals surface area (Å²) in [5, 5.41) is 0. The van der Waals surface area contributed by atoms with Gasteiger partial charge in [0.2, 0.25) is 0 Å². The van der Waals surface area contributed by atoms with E-state index in [4.69, 9.17) is 17.2 Å². The van der Waals surface area contributed by atoms with Crippen molar-refractivity contribution < 1.29 is 0 Å². The summed E-state index contributed by atoms with van der Waals surface area (Å²) in [6, 6.07) is 13.5. The minimum Gasteiger partial charge on any atom is -0.399 e. The highest BCUT2D eigenvalue weighted by Crippen LogP contribution is 2.36. The van der Waals surface area contributed by atoms with Crippen molar-refractivity contribution >= 4 is 17.1 Å². The first-order chi connectivity index (χ1) is 8.41. The highest BCUT2D eigenvalue weighted by molar-refractivity contribution is 5.60. The largest absolute Gasteiger partial charge is 0.399 e. The molecule has 0 aliphatic carbocycles. The molecule has 0 aliphatic heterocycles. The number of hydrogen-bond acceptors (Lipinski definition) is 3. The van der Waals surface area contributed by atoms with E-state index in [-0.39, 0.29) is 5.41 Å². The number of hydrogen-bond donors (Lipinski definition) is 3. The molecule has 0 heterocycles. The molecule has 0 radical (unpaired) electrons. The van der Waals surface area contributed by atoms with Crippen LogP contribution in [0.15, 0.2) is 42.5 Å². The second-order valence-corrected chi connectivity index (χ2v) is 5.10. The molecule has 94 valence electrons. The third-order valence-electron chi connectivity index (χ3n) is 3.33. The van der Waals surface area contributed by atoms with E-state index in [9.17, 15) is 0 Å². The second kappa shape index (κ2) is 4.26. The lowest BCUT2D eigenvalue weighted by molar-refractivity contribution is 0.644. The number of nitrogens with two attached hydrogens (primary N) is 3. The van der Waals surface area contributed by atoms with Crippen LogP contribution in [0.5, 0.6) is 0 Å². The fraction of sp³-hybridized carbons (Fsp3) is 0.200. The lowest BCUT2D eigenvalue weighted by Gasteiger charge is -2.28. The summed E-state index contributed by atoms with van der Waals surface area (Å²) >= 11 is 0. The third-order valence-corrected chi connectivity index (χ3v) is 3.33. The van der Waals surface area contributed by atoms with Crippen molar-refractivity contribution in [1.82, 2.24) is 0 Å². The predicted octanol–water partition coefficient (Wildman–Crippen LogP) is 2.76. The number of para-hydroxylation sites is 1. The van der Waals surface area contributed by atoms with Gasteiger partial charge in [-0.05, 0) is 35.4 Å². The summed E-state index contributed by atoms with van der Waals surface area (Å²) in [4.78, 5) is 0. The topological polar surface area (TPSA) is 78.1 Å². The van der Waals surface area contributed by atoms with Crippen molar-refractivity contribution in [3.63, 3.8) is 0 Å². The van der Waals surface area contributed by atoms with Crippen molar-refractivity contribution in [2.24, 2.45) is 0 Å². The zero-order valence-electron chi connectivity index (χ0n) is 10.8. The van der Waals surface area contributed by atoms with Crippen molar-refractivity contribution in [2.45, 2.75) is 19.3 Å². The predicted molar refractivity (Wildman–Crippen MR) is 78.2 cm³/mol. The van der Waals surface area contributed by atoms with Crippen LogP contribution in [0, 0.1) is 0 Å². The van der Waals surface area contributed by atoms with Crippen LogP contribution in [0.1, 0.15) is 25.0 Å². The van der Waals surface area contributed by atoms with Gasteiger partial charge in [0, 0.05) is 22.5 Å². The molecule has 0 aromatic heterocycles. The molecule has 0 saturated carbocycles. The third kappa shape index (κ3) is 2.12. The Bertz CT molecular complexity index is 553. The zero-order valence-corrected chi connectivity index (χ0v) is 10.8. The first-order valence-electron chi connectivity index (χ1n) is 5.93. The SMILES string of the molecule is CC(C)(c1cc(N)cc(N)c1)c1ccccc1N. The van der Waals surface area contributed by atoms with E-state index in [1.807, 2.05) is 36.4 Å². The number of rotatable bonds is 2. The van der Waals surface area contributed by atoms with Crippen LogP contribution in [0.2, 0.25) is 0 Å². The van der Waals surface area contributed by atoms with Gasteiger partial charge < -0.3 is 17.2 Å². The lowest BCUT2D eigenvalue weighted by atomic mass is 9.77. The zero-order chi connectivity index (χ0) is 13.3. The summed E-state index contributed by atoms with van der Waals surface area (Å²) in [7, 11) is 0. The second-order valence-electron chi connectivity index (χ2n) is 5.10. The van der Waals surface area contributed by atoms with Crippen molar-refractivity contribution in [2.75, 3.05) is 17.2 Å².